The van der Waals surface area contributed by atoms with Crippen molar-refractivity contribution in [2.75, 3.05) is 19.0 Å². The maximum Gasteiger partial charge on any atom is 0.124 e. The second kappa shape index (κ2) is 4.35. The highest BCUT2D eigenvalue weighted by atomic mass is 16.1. The molecule has 0 amide bonds. The predicted molar refractivity (Wildman–Crippen MR) is 68.0 cm³/mol. The van der Waals surface area contributed by atoms with E-state index in [-0.39, 0.29) is 0 Å². The molecule has 0 fully saturated rings. The normalized spacial score (nSPS) is 10.4. The SMILES string of the molecule is CN(C)c1cccc2c(CC=O)cccc12. The topological polar surface area (TPSA) is 20.3 Å². The number of hydrogen-bond acceptors (Lipinski definition) is 2. The van der Waals surface area contributed by atoms with Crippen LogP contribution in [0.3, 0.4) is 0 Å². The number of nitrogens with zero attached hydrogens (tertiary/aromatic N) is 1. The third-order valence-electron chi connectivity index (χ3n) is 2.77. The highest BCUT2D eigenvalue weighted by molar-refractivity contribution is 5.96. The molecule has 2 nitrogen and oxygen atoms in total. The summed E-state index contributed by atoms with van der Waals surface area (Å²) >= 11 is 0. The number of anilines is 1. The number of hydrogen-bond donors (Lipinski definition) is 0. The fraction of sp³-hybridized carbons (Fsp3) is 0.214. The highest BCUT2D eigenvalue weighted by Crippen LogP contribution is 2.27. The van der Waals surface area contributed by atoms with Gasteiger partial charge in [0, 0.05) is 31.6 Å². The summed E-state index contributed by atoms with van der Waals surface area (Å²) in [7, 11) is 4.06. The van der Waals surface area contributed by atoms with Crippen LogP contribution in [0.4, 0.5) is 5.69 Å². The van der Waals surface area contributed by atoms with Gasteiger partial charge < -0.3 is 9.69 Å². The predicted octanol–water partition coefficient (Wildman–Crippen LogP) is 2.65. The van der Waals surface area contributed by atoms with Crippen LogP contribution in [0.5, 0.6) is 0 Å². The van der Waals surface area contributed by atoms with E-state index in [2.05, 4.69) is 23.1 Å². The van der Waals surface area contributed by atoms with Crippen LogP contribution in [0.2, 0.25) is 0 Å². The molecule has 82 valence electrons. The third kappa shape index (κ3) is 1.78. The summed E-state index contributed by atoms with van der Waals surface area (Å²) in [6.45, 7) is 0. The molecule has 2 aromatic rings. The molecule has 2 rings (SSSR count). The van der Waals surface area contributed by atoms with Gasteiger partial charge in [-0.25, -0.2) is 0 Å². The van der Waals surface area contributed by atoms with Crippen LogP contribution in [0.1, 0.15) is 5.56 Å². The molecule has 0 aliphatic carbocycles. The average molecular weight is 213 g/mol. The fourth-order valence-corrected chi connectivity index (χ4v) is 2.02. The van der Waals surface area contributed by atoms with E-state index in [1.165, 1.54) is 16.5 Å². The number of rotatable bonds is 3. The zero-order valence-corrected chi connectivity index (χ0v) is 9.60. The first kappa shape index (κ1) is 10.7. The molecule has 2 heteroatoms. The van der Waals surface area contributed by atoms with E-state index in [1.54, 1.807) is 0 Å². The van der Waals surface area contributed by atoms with Crippen LogP contribution in [0, 0.1) is 0 Å². The molecule has 0 aliphatic rings. The summed E-state index contributed by atoms with van der Waals surface area (Å²) in [4.78, 5) is 12.7. The lowest BCUT2D eigenvalue weighted by Gasteiger charge is -2.16. The van der Waals surface area contributed by atoms with Crippen molar-refractivity contribution in [1.82, 2.24) is 0 Å². The minimum Gasteiger partial charge on any atom is -0.377 e. The van der Waals surface area contributed by atoms with E-state index in [1.807, 2.05) is 32.3 Å². The van der Waals surface area contributed by atoms with E-state index in [0.29, 0.717) is 6.42 Å². The zero-order chi connectivity index (χ0) is 11.5. The van der Waals surface area contributed by atoms with Crippen LogP contribution in [0.15, 0.2) is 36.4 Å². The molecule has 0 unspecified atom stereocenters. The molecule has 2 aromatic carbocycles. The summed E-state index contributed by atoms with van der Waals surface area (Å²) in [6, 6.07) is 12.3. The molecule has 0 radical (unpaired) electrons. The van der Waals surface area contributed by atoms with Crippen LogP contribution in [-0.2, 0) is 11.2 Å². The van der Waals surface area contributed by atoms with E-state index in [0.717, 1.165) is 11.8 Å². The minimum atomic E-state index is 0.480. The van der Waals surface area contributed by atoms with Crippen LogP contribution in [-0.4, -0.2) is 20.4 Å². The Morgan fingerprint density at radius 3 is 2.44 bits per heavy atom. The molecule has 0 heterocycles. The third-order valence-corrected chi connectivity index (χ3v) is 2.77. The summed E-state index contributed by atoms with van der Waals surface area (Å²) in [6.07, 6.45) is 1.44. The number of fused-ring (bicyclic) bond motifs is 1. The van der Waals surface area contributed by atoms with Gasteiger partial charge in [0.2, 0.25) is 0 Å². The summed E-state index contributed by atoms with van der Waals surface area (Å²) in [5.74, 6) is 0. The molecule has 0 N–H and O–H groups in total. The average Bonchev–Trinajstić information content (AvgIpc) is 2.29. The van der Waals surface area contributed by atoms with Gasteiger partial charge in [-0.15, -0.1) is 0 Å². The molecular weight excluding hydrogens is 198 g/mol. The summed E-state index contributed by atoms with van der Waals surface area (Å²) in [5.41, 5.74) is 2.28. The molecule has 0 atom stereocenters. The maximum atomic E-state index is 10.6. The monoisotopic (exact) mass is 213 g/mol. The Bertz CT molecular complexity index is 517. The zero-order valence-electron chi connectivity index (χ0n) is 9.60. The van der Waals surface area contributed by atoms with Gasteiger partial charge in [-0.05, 0) is 17.0 Å². The smallest absolute Gasteiger partial charge is 0.124 e. The minimum absolute atomic E-state index is 0.480. The van der Waals surface area contributed by atoms with Gasteiger partial charge in [0.1, 0.15) is 6.29 Å². The number of aldehydes is 1. The molecule has 0 saturated heterocycles. The first-order valence-electron chi connectivity index (χ1n) is 5.35. The van der Waals surface area contributed by atoms with Crippen molar-refractivity contribution < 1.29 is 4.79 Å². The van der Waals surface area contributed by atoms with Gasteiger partial charge >= 0.3 is 0 Å². The van der Waals surface area contributed by atoms with Gasteiger partial charge in [-0.3, -0.25) is 0 Å². The Labute approximate surface area is 95.5 Å². The Balaban J connectivity index is 2.70. The molecule has 0 bridgehead atoms. The molecule has 16 heavy (non-hydrogen) atoms. The van der Waals surface area contributed by atoms with Gasteiger partial charge in [0.15, 0.2) is 0 Å². The largest absolute Gasteiger partial charge is 0.377 e. The van der Waals surface area contributed by atoms with E-state index in [9.17, 15) is 4.79 Å². The molecule has 0 spiro atoms. The van der Waals surface area contributed by atoms with Crippen molar-refractivity contribution in [1.29, 1.82) is 0 Å². The van der Waals surface area contributed by atoms with Crippen molar-refractivity contribution in [2.24, 2.45) is 0 Å². The number of carbonyl (C=O) groups excluding carboxylic acids is 1. The van der Waals surface area contributed by atoms with Gasteiger partial charge in [-0.2, -0.15) is 0 Å². The van der Waals surface area contributed by atoms with Crippen molar-refractivity contribution >= 4 is 22.7 Å². The first-order valence-corrected chi connectivity index (χ1v) is 5.35. The molecule has 0 saturated carbocycles. The highest BCUT2D eigenvalue weighted by Gasteiger charge is 2.05. The lowest BCUT2D eigenvalue weighted by Crippen LogP contribution is -2.09. The molecular formula is C14H15NO. The van der Waals surface area contributed by atoms with E-state index >= 15 is 0 Å². The van der Waals surface area contributed by atoms with Crippen LogP contribution in [0.25, 0.3) is 10.8 Å². The second-order valence-corrected chi connectivity index (χ2v) is 4.05. The van der Waals surface area contributed by atoms with Gasteiger partial charge in [0.25, 0.3) is 0 Å². The van der Waals surface area contributed by atoms with Crippen molar-refractivity contribution in [3.63, 3.8) is 0 Å². The van der Waals surface area contributed by atoms with E-state index < -0.39 is 0 Å². The number of benzene rings is 2. The lowest BCUT2D eigenvalue weighted by molar-refractivity contribution is -0.107. The summed E-state index contributed by atoms with van der Waals surface area (Å²) < 4.78 is 0. The fourth-order valence-electron chi connectivity index (χ4n) is 2.02. The Morgan fingerprint density at radius 1 is 1.06 bits per heavy atom. The lowest BCUT2D eigenvalue weighted by atomic mass is 10.0. The van der Waals surface area contributed by atoms with Gasteiger partial charge in [-0.1, -0.05) is 30.3 Å². The second-order valence-electron chi connectivity index (χ2n) is 4.05. The Kier molecular flexibility index (Phi) is 2.91. The van der Waals surface area contributed by atoms with Crippen LogP contribution >= 0.6 is 0 Å². The quantitative estimate of drug-likeness (QED) is 0.730. The molecule has 0 aliphatic heterocycles. The van der Waals surface area contributed by atoms with E-state index in [4.69, 9.17) is 0 Å². The maximum absolute atomic E-state index is 10.6. The number of carbonyl (C=O) groups is 1. The summed E-state index contributed by atoms with van der Waals surface area (Å²) in [5, 5.41) is 2.37. The Morgan fingerprint density at radius 2 is 1.75 bits per heavy atom. The Hall–Kier alpha value is -1.83. The van der Waals surface area contributed by atoms with Crippen molar-refractivity contribution in [3.05, 3.63) is 42.0 Å². The van der Waals surface area contributed by atoms with Crippen LogP contribution < -0.4 is 4.90 Å². The van der Waals surface area contributed by atoms with Crippen molar-refractivity contribution in [2.45, 2.75) is 6.42 Å². The first-order chi connectivity index (χ1) is 7.74. The van der Waals surface area contributed by atoms with Crippen molar-refractivity contribution in [3.8, 4) is 0 Å². The van der Waals surface area contributed by atoms with Gasteiger partial charge in [0.05, 0.1) is 0 Å². The molecule has 0 aromatic heterocycles. The standard InChI is InChI=1S/C14H15NO/c1-15(2)14-8-4-6-12-11(9-10-16)5-3-7-13(12)14/h3-8,10H,9H2,1-2H3.